The first-order valence-corrected chi connectivity index (χ1v) is 11.5. The zero-order valence-corrected chi connectivity index (χ0v) is 17.1. The third-order valence-electron chi connectivity index (χ3n) is 5.21. The van der Waals surface area contributed by atoms with Crippen LogP contribution in [0.2, 0.25) is 0 Å². The molecule has 0 unspecified atom stereocenters. The zero-order valence-electron chi connectivity index (χ0n) is 16.3. The van der Waals surface area contributed by atoms with Crippen molar-refractivity contribution in [2.45, 2.75) is 30.2 Å². The second-order valence-electron chi connectivity index (χ2n) is 7.37. The first kappa shape index (κ1) is 19.6. The van der Waals surface area contributed by atoms with Gasteiger partial charge in [-0.05, 0) is 49.7 Å². The van der Waals surface area contributed by atoms with Crippen LogP contribution in [0.4, 0.5) is 0 Å². The van der Waals surface area contributed by atoms with Gasteiger partial charge in [-0.3, -0.25) is 14.9 Å². The van der Waals surface area contributed by atoms with Crippen molar-refractivity contribution in [3.8, 4) is 11.4 Å². The molecule has 8 heteroatoms. The van der Waals surface area contributed by atoms with Gasteiger partial charge >= 0.3 is 0 Å². The van der Waals surface area contributed by atoms with Crippen LogP contribution in [0, 0.1) is 0 Å². The minimum atomic E-state index is -3.41. The van der Waals surface area contributed by atoms with E-state index < -0.39 is 9.84 Å². The topological polar surface area (TPSA) is 88.9 Å². The van der Waals surface area contributed by atoms with Crippen LogP contribution in [0.5, 0.6) is 0 Å². The van der Waals surface area contributed by atoms with Crippen LogP contribution in [0.25, 0.3) is 11.4 Å². The minimum Gasteiger partial charge on any atom is -0.299 e. The highest BCUT2D eigenvalue weighted by atomic mass is 32.2. The Morgan fingerprint density at radius 1 is 1.03 bits per heavy atom. The fraction of sp³-hybridized carbons (Fsp3) is 0.333. The molecule has 0 N–H and O–H groups in total. The maximum atomic E-state index is 12.3. The van der Waals surface area contributed by atoms with Crippen LogP contribution >= 0.6 is 0 Å². The van der Waals surface area contributed by atoms with E-state index in [1.54, 1.807) is 18.6 Å². The highest BCUT2D eigenvalue weighted by molar-refractivity contribution is 7.90. The van der Waals surface area contributed by atoms with E-state index in [-0.39, 0.29) is 10.8 Å². The molecule has 7 nitrogen and oxygen atoms in total. The molecule has 0 saturated carbocycles. The molecule has 29 heavy (non-hydrogen) atoms. The van der Waals surface area contributed by atoms with Crippen LogP contribution in [0.15, 0.2) is 60.1 Å². The molecule has 1 fully saturated rings. The van der Waals surface area contributed by atoms with Crippen LogP contribution in [-0.4, -0.2) is 52.6 Å². The van der Waals surface area contributed by atoms with Gasteiger partial charge in [-0.2, -0.15) is 0 Å². The molecule has 1 saturated heterocycles. The normalized spacial score (nSPS) is 16.0. The Kier molecular flexibility index (Phi) is 5.64. The largest absolute Gasteiger partial charge is 0.299 e. The van der Waals surface area contributed by atoms with E-state index in [1.165, 1.54) is 18.0 Å². The Morgan fingerprint density at radius 2 is 1.76 bits per heavy atom. The van der Waals surface area contributed by atoms with Crippen molar-refractivity contribution >= 4 is 9.84 Å². The van der Waals surface area contributed by atoms with Crippen LogP contribution in [0.3, 0.4) is 0 Å². The molecule has 1 aliphatic rings. The standard InChI is InChI=1S/C21H23N5O2S/c1-29(27,28)19-14-24-21(18-5-3-9-23-13-18)25-20(19)17-6-10-26(11-7-17)15-16-4-2-8-22-12-16/h2-5,8-9,12-14,17H,6-7,10-11,15H2,1H3. The summed E-state index contributed by atoms with van der Waals surface area (Å²) in [5.74, 6) is 0.599. The summed E-state index contributed by atoms with van der Waals surface area (Å²) in [7, 11) is -3.41. The Labute approximate surface area is 170 Å². The molecule has 3 aromatic heterocycles. The predicted molar refractivity (Wildman–Crippen MR) is 110 cm³/mol. The van der Waals surface area contributed by atoms with Gasteiger partial charge in [-0.1, -0.05) is 6.07 Å². The van der Waals surface area contributed by atoms with E-state index in [4.69, 9.17) is 0 Å². The molecular weight excluding hydrogens is 386 g/mol. The lowest BCUT2D eigenvalue weighted by Crippen LogP contribution is -2.33. The fourth-order valence-electron chi connectivity index (χ4n) is 3.71. The lowest BCUT2D eigenvalue weighted by Gasteiger charge is -2.32. The fourth-order valence-corrected chi connectivity index (χ4v) is 4.55. The third-order valence-corrected chi connectivity index (χ3v) is 6.32. The second kappa shape index (κ2) is 8.34. The van der Waals surface area contributed by atoms with Crippen molar-refractivity contribution in [2.24, 2.45) is 0 Å². The second-order valence-corrected chi connectivity index (χ2v) is 9.35. The van der Waals surface area contributed by atoms with Crippen molar-refractivity contribution < 1.29 is 8.42 Å². The summed E-state index contributed by atoms with van der Waals surface area (Å²) in [5, 5.41) is 0. The van der Waals surface area contributed by atoms with Gasteiger partial charge in [0.1, 0.15) is 4.90 Å². The van der Waals surface area contributed by atoms with E-state index in [0.29, 0.717) is 11.5 Å². The van der Waals surface area contributed by atoms with Crippen molar-refractivity contribution in [3.05, 3.63) is 66.5 Å². The van der Waals surface area contributed by atoms with Crippen molar-refractivity contribution in [3.63, 3.8) is 0 Å². The first-order chi connectivity index (χ1) is 14.0. The molecule has 150 valence electrons. The molecule has 4 heterocycles. The van der Waals surface area contributed by atoms with Crippen LogP contribution in [-0.2, 0) is 16.4 Å². The Morgan fingerprint density at radius 3 is 2.38 bits per heavy atom. The van der Waals surface area contributed by atoms with Crippen LogP contribution in [0.1, 0.15) is 30.0 Å². The van der Waals surface area contributed by atoms with Gasteiger partial charge in [0.05, 0.1) is 5.69 Å². The third kappa shape index (κ3) is 4.65. The molecular formula is C21H23N5O2S. The maximum absolute atomic E-state index is 12.3. The summed E-state index contributed by atoms with van der Waals surface area (Å²) in [6.45, 7) is 2.62. The van der Waals surface area contributed by atoms with E-state index in [0.717, 1.165) is 38.0 Å². The number of likely N-dealkylation sites (tertiary alicyclic amines) is 1. The Bertz CT molecular complexity index is 1070. The van der Waals surface area contributed by atoms with Crippen molar-refractivity contribution in [1.82, 2.24) is 24.8 Å². The van der Waals surface area contributed by atoms with Gasteiger partial charge < -0.3 is 0 Å². The SMILES string of the molecule is CS(=O)(=O)c1cnc(-c2cccnc2)nc1C1CCN(Cc2cccnc2)CC1. The van der Waals surface area contributed by atoms with E-state index in [9.17, 15) is 8.42 Å². The molecule has 0 aliphatic carbocycles. The molecule has 0 amide bonds. The zero-order chi connectivity index (χ0) is 20.3. The number of pyridine rings is 2. The highest BCUT2D eigenvalue weighted by Crippen LogP contribution is 2.32. The molecule has 0 aromatic carbocycles. The number of piperidine rings is 1. The van der Waals surface area contributed by atoms with Gasteiger partial charge in [0, 0.05) is 55.3 Å². The van der Waals surface area contributed by atoms with Gasteiger partial charge in [0.15, 0.2) is 15.7 Å². The highest BCUT2D eigenvalue weighted by Gasteiger charge is 2.28. The average Bonchev–Trinajstić information content (AvgIpc) is 2.75. The number of hydrogen-bond acceptors (Lipinski definition) is 7. The molecule has 0 atom stereocenters. The summed E-state index contributed by atoms with van der Waals surface area (Å²) in [6, 6.07) is 7.72. The lowest BCUT2D eigenvalue weighted by atomic mass is 9.93. The average molecular weight is 410 g/mol. The smallest absolute Gasteiger partial charge is 0.178 e. The van der Waals surface area contributed by atoms with Gasteiger partial charge in [0.25, 0.3) is 0 Å². The Hall–Kier alpha value is -2.71. The maximum Gasteiger partial charge on any atom is 0.178 e. The molecule has 0 radical (unpaired) electrons. The van der Waals surface area contributed by atoms with Gasteiger partial charge in [0.2, 0.25) is 0 Å². The molecule has 0 bridgehead atoms. The van der Waals surface area contributed by atoms with E-state index in [1.807, 2.05) is 24.4 Å². The molecule has 4 rings (SSSR count). The summed E-state index contributed by atoms with van der Waals surface area (Å²) in [5.41, 5.74) is 2.59. The Balaban J connectivity index is 1.57. The number of sulfone groups is 1. The van der Waals surface area contributed by atoms with Crippen LogP contribution < -0.4 is 0 Å². The summed E-state index contributed by atoms with van der Waals surface area (Å²) >= 11 is 0. The quantitative estimate of drug-likeness (QED) is 0.640. The summed E-state index contributed by atoms with van der Waals surface area (Å²) in [6.07, 6.45) is 11.4. The number of nitrogens with zero attached hydrogens (tertiary/aromatic N) is 5. The van der Waals surface area contributed by atoms with E-state index >= 15 is 0 Å². The molecule has 1 aliphatic heterocycles. The molecule has 3 aromatic rings. The lowest BCUT2D eigenvalue weighted by molar-refractivity contribution is 0.202. The summed E-state index contributed by atoms with van der Waals surface area (Å²) in [4.78, 5) is 19.9. The van der Waals surface area contributed by atoms with Gasteiger partial charge in [-0.15, -0.1) is 0 Å². The molecule has 0 spiro atoms. The minimum absolute atomic E-state index is 0.0864. The number of aromatic nitrogens is 4. The monoisotopic (exact) mass is 409 g/mol. The predicted octanol–water partition coefficient (Wildman–Crippen LogP) is 2.72. The number of rotatable bonds is 5. The van der Waals surface area contributed by atoms with Gasteiger partial charge in [-0.25, -0.2) is 18.4 Å². The number of hydrogen-bond donors (Lipinski definition) is 0. The summed E-state index contributed by atoms with van der Waals surface area (Å²) < 4.78 is 24.7. The van der Waals surface area contributed by atoms with Crippen molar-refractivity contribution in [1.29, 1.82) is 0 Å². The van der Waals surface area contributed by atoms with Crippen molar-refractivity contribution in [2.75, 3.05) is 19.3 Å². The first-order valence-electron chi connectivity index (χ1n) is 9.59. The van der Waals surface area contributed by atoms with E-state index in [2.05, 4.69) is 30.9 Å².